The quantitative estimate of drug-likeness (QED) is 0.0309. The van der Waals surface area contributed by atoms with Crippen LogP contribution in [0.1, 0.15) is 123 Å². The van der Waals surface area contributed by atoms with Crippen LogP contribution in [0, 0.1) is 0 Å². The Balaban J connectivity index is 4.46. The molecule has 0 aliphatic heterocycles. The minimum Gasteiger partial charge on any atom is -0.480 e. The average molecular weight is 723 g/mol. The van der Waals surface area contributed by atoms with Crippen molar-refractivity contribution in [2.24, 2.45) is 0 Å². The maximum atomic E-state index is 12.6. The first kappa shape index (κ1) is 47.8. The summed E-state index contributed by atoms with van der Waals surface area (Å²) in [4.78, 5) is 47.2. The highest BCUT2D eigenvalue weighted by molar-refractivity contribution is 5.87. The lowest BCUT2D eigenvalue weighted by atomic mass is 10.1. The molecule has 0 heterocycles. The normalized spacial score (nSPS) is 13.6. The van der Waals surface area contributed by atoms with Crippen molar-refractivity contribution in [3.05, 3.63) is 97.2 Å². The first-order chi connectivity index (χ1) is 25.3. The molecule has 0 radical (unpaired) electrons. The lowest BCUT2D eigenvalue weighted by molar-refractivity contribution is -0.146. The summed E-state index contributed by atoms with van der Waals surface area (Å²) < 4.78 is 5.82. The Morgan fingerprint density at radius 3 is 1.56 bits per heavy atom. The van der Waals surface area contributed by atoms with Crippen molar-refractivity contribution in [3.8, 4) is 0 Å². The van der Waals surface area contributed by atoms with E-state index in [-0.39, 0.29) is 37.4 Å². The van der Waals surface area contributed by atoms with Crippen molar-refractivity contribution in [1.29, 1.82) is 0 Å². The molecule has 0 bridgehead atoms. The van der Waals surface area contributed by atoms with E-state index in [1.165, 1.54) is 0 Å². The van der Waals surface area contributed by atoms with Gasteiger partial charge in [0.15, 0.2) is 0 Å². The summed E-state index contributed by atoms with van der Waals surface area (Å²) in [6.07, 6.45) is 47.6. The number of carboxylic acids is 1. The largest absolute Gasteiger partial charge is 0.480 e. The monoisotopic (exact) mass is 722 g/mol. The predicted molar refractivity (Wildman–Crippen MR) is 212 cm³/mol. The van der Waals surface area contributed by atoms with Gasteiger partial charge in [0.2, 0.25) is 11.8 Å². The van der Waals surface area contributed by atoms with Gasteiger partial charge < -0.3 is 25.6 Å². The van der Waals surface area contributed by atoms with Crippen LogP contribution in [-0.4, -0.2) is 59.3 Å². The van der Waals surface area contributed by atoms with Gasteiger partial charge in [0.25, 0.3) is 0 Å². The molecule has 9 nitrogen and oxygen atoms in total. The number of hydrogen-bond donors (Lipinski definition) is 4. The Bertz CT molecular complexity index is 1190. The fourth-order valence-corrected chi connectivity index (χ4v) is 4.72. The Hall–Kier alpha value is -4.24. The molecule has 0 fully saturated rings. The number of allylic oxidation sites excluding steroid dienone is 14. The third-order valence-electron chi connectivity index (χ3n) is 7.59. The van der Waals surface area contributed by atoms with Gasteiger partial charge in [-0.15, -0.1) is 0 Å². The number of esters is 1. The number of aliphatic hydroxyl groups is 1. The molecule has 52 heavy (non-hydrogen) atoms. The Morgan fingerprint density at radius 2 is 1.06 bits per heavy atom. The number of aliphatic hydroxyl groups excluding tert-OH is 1. The second-order valence-electron chi connectivity index (χ2n) is 12.3. The maximum absolute atomic E-state index is 12.6. The topological polar surface area (TPSA) is 142 Å². The van der Waals surface area contributed by atoms with Crippen molar-refractivity contribution in [2.45, 2.75) is 135 Å². The number of hydrogen-bond acceptors (Lipinski definition) is 6. The van der Waals surface area contributed by atoms with Crippen molar-refractivity contribution in [3.63, 3.8) is 0 Å². The van der Waals surface area contributed by atoms with Crippen LogP contribution < -0.4 is 10.6 Å². The second kappa shape index (κ2) is 36.5. The van der Waals surface area contributed by atoms with Crippen molar-refractivity contribution in [2.75, 3.05) is 13.2 Å². The third kappa shape index (κ3) is 32.9. The molecule has 2 amide bonds. The van der Waals surface area contributed by atoms with E-state index < -0.39 is 24.5 Å². The van der Waals surface area contributed by atoms with E-state index in [1.807, 2.05) is 18.2 Å². The van der Waals surface area contributed by atoms with E-state index in [0.29, 0.717) is 6.42 Å². The van der Waals surface area contributed by atoms with Gasteiger partial charge in [-0.2, -0.15) is 0 Å². The summed E-state index contributed by atoms with van der Waals surface area (Å²) in [5.41, 5.74) is 0. The summed E-state index contributed by atoms with van der Waals surface area (Å²) >= 11 is 0. The molecule has 9 heteroatoms. The number of carboxylic acid groups (broad SMARTS) is 1. The standard InChI is InChI=1S/C43H66N2O7/c1-3-5-7-9-11-13-14-15-16-17-18-19-21-27-31-35-42(49)52-38(32-28-24-20-12-10-8-6-4-2)33-29-25-22-23-26-30-34-40(47)44-36-41(48)45-39(37-46)43(50)51/h5-8,11-13,15-16,18-20,27-28,31-32,38-39,46H,3-4,9-10,14,17,21-26,29-30,33-37H2,1-2H3,(H,44,47)(H,45,48)(H,50,51)/b7-5-,8-6-,13-11-,16-15-,19-18-,20-12-,31-27-,32-28-. The Kier molecular flexibility index (Phi) is 33.6. The fourth-order valence-electron chi connectivity index (χ4n) is 4.72. The molecule has 4 N–H and O–H groups in total. The number of carbonyl (C=O) groups is 4. The lowest BCUT2D eigenvalue weighted by Crippen LogP contribution is -2.47. The zero-order valence-electron chi connectivity index (χ0n) is 31.8. The number of ether oxygens (including phenoxy) is 1. The lowest BCUT2D eigenvalue weighted by Gasteiger charge is -2.14. The summed E-state index contributed by atoms with van der Waals surface area (Å²) in [5.74, 6) is -2.52. The average Bonchev–Trinajstić information content (AvgIpc) is 3.13. The summed E-state index contributed by atoms with van der Waals surface area (Å²) in [7, 11) is 0. The molecule has 0 aromatic heterocycles. The molecule has 290 valence electrons. The third-order valence-corrected chi connectivity index (χ3v) is 7.59. The minimum absolute atomic E-state index is 0.234. The van der Waals surface area contributed by atoms with Crippen LogP contribution in [0.15, 0.2) is 97.2 Å². The number of aliphatic carboxylic acids is 1. The molecule has 2 unspecified atom stereocenters. The highest BCUT2D eigenvalue weighted by Gasteiger charge is 2.18. The van der Waals surface area contributed by atoms with E-state index in [1.54, 1.807) is 0 Å². The number of amides is 2. The van der Waals surface area contributed by atoms with Gasteiger partial charge in [-0.25, -0.2) is 4.79 Å². The molecule has 0 aromatic carbocycles. The van der Waals surface area contributed by atoms with Crippen LogP contribution in [0.5, 0.6) is 0 Å². The van der Waals surface area contributed by atoms with Gasteiger partial charge in [0, 0.05) is 6.42 Å². The van der Waals surface area contributed by atoms with Gasteiger partial charge in [0.05, 0.1) is 19.6 Å². The number of nitrogens with one attached hydrogen (secondary N) is 2. The molecule has 0 aliphatic carbocycles. The Morgan fingerprint density at radius 1 is 0.596 bits per heavy atom. The zero-order chi connectivity index (χ0) is 38.3. The molecule has 2 atom stereocenters. The van der Waals surface area contributed by atoms with Gasteiger partial charge in [-0.1, -0.05) is 131 Å². The smallest absolute Gasteiger partial charge is 0.328 e. The molecular formula is C43H66N2O7. The molecular weight excluding hydrogens is 656 g/mol. The fraction of sp³-hybridized carbons (Fsp3) is 0.535. The van der Waals surface area contributed by atoms with Crippen LogP contribution in [0.4, 0.5) is 0 Å². The molecule has 0 aliphatic rings. The van der Waals surface area contributed by atoms with Gasteiger partial charge in [-0.05, 0) is 76.7 Å². The number of unbranched alkanes of at least 4 members (excludes halogenated alkanes) is 5. The maximum Gasteiger partial charge on any atom is 0.328 e. The zero-order valence-corrected chi connectivity index (χ0v) is 31.8. The second-order valence-corrected chi connectivity index (χ2v) is 12.3. The SMILES string of the molecule is CC/C=C\C/C=C\C/C=C\C/C=C\C/C=C\CC(=O)OC(/C=C\C/C=C\C/C=C\CC)CCCCCCCCC(=O)NCC(=O)NC(CO)C(=O)O. The first-order valence-electron chi connectivity index (χ1n) is 19.1. The van der Waals surface area contributed by atoms with Crippen molar-refractivity contribution in [1.82, 2.24) is 10.6 Å². The van der Waals surface area contributed by atoms with Crippen molar-refractivity contribution >= 4 is 23.8 Å². The first-order valence-corrected chi connectivity index (χ1v) is 19.1. The van der Waals surface area contributed by atoms with E-state index in [4.69, 9.17) is 14.9 Å². The predicted octanol–water partition coefficient (Wildman–Crippen LogP) is 8.70. The van der Waals surface area contributed by atoms with Gasteiger partial charge in [-0.3, -0.25) is 14.4 Å². The highest BCUT2D eigenvalue weighted by Crippen LogP contribution is 2.14. The molecule has 0 spiro atoms. The molecule has 0 saturated heterocycles. The van der Waals surface area contributed by atoms with Crippen LogP contribution >= 0.6 is 0 Å². The number of rotatable bonds is 32. The van der Waals surface area contributed by atoms with Crippen LogP contribution in [0.25, 0.3) is 0 Å². The number of carbonyl (C=O) groups excluding carboxylic acids is 3. The van der Waals surface area contributed by atoms with E-state index in [9.17, 15) is 19.2 Å². The van der Waals surface area contributed by atoms with Crippen LogP contribution in [0.2, 0.25) is 0 Å². The summed E-state index contributed by atoms with van der Waals surface area (Å²) in [5, 5.41) is 22.4. The Labute approximate surface area is 313 Å². The minimum atomic E-state index is -1.39. The van der Waals surface area contributed by atoms with Crippen LogP contribution in [0.3, 0.4) is 0 Å². The van der Waals surface area contributed by atoms with E-state index in [0.717, 1.165) is 89.9 Å². The van der Waals surface area contributed by atoms with Gasteiger partial charge in [0.1, 0.15) is 12.1 Å². The van der Waals surface area contributed by atoms with E-state index >= 15 is 0 Å². The summed E-state index contributed by atoms with van der Waals surface area (Å²) in [6, 6.07) is -1.39. The molecule has 0 saturated carbocycles. The highest BCUT2D eigenvalue weighted by atomic mass is 16.5. The van der Waals surface area contributed by atoms with Gasteiger partial charge >= 0.3 is 11.9 Å². The van der Waals surface area contributed by atoms with E-state index in [2.05, 4.69) is 103 Å². The molecule has 0 aromatic rings. The van der Waals surface area contributed by atoms with Crippen LogP contribution in [-0.2, 0) is 23.9 Å². The molecule has 0 rings (SSSR count). The summed E-state index contributed by atoms with van der Waals surface area (Å²) in [6.45, 7) is 3.19. The van der Waals surface area contributed by atoms with Crippen molar-refractivity contribution < 1.29 is 34.1 Å².